The number of alkyl halides is 1. The van der Waals surface area contributed by atoms with Crippen molar-refractivity contribution in [3.8, 4) is 11.6 Å². The second-order valence-electron chi connectivity index (χ2n) is 8.45. The van der Waals surface area contributed by atoms with E-state index >= 15 is 4.39 Å². The van der Waals surface area contributed by atoms with Gasteiger partial charge in [-0.2, -0.15) is 0 Å². The summed E-state index contributed by atoms with van der Waals surface area (Å²) in [6.07, 6.45) is 2.10. The highest BCUT2D eigenvalue weighted by atomic mass is 19.1. The topological polar surface area (TPSA) is 85.0 Å². The van der Waals surface area contributed by atoms with Gasteiger partial charge in [-0.05, 0) is 24.1 Å². The van der Waals surface area contributed by atoms with Gasteiger partial charge in [0.2, 0.25) is 5.89 Å². The summed E-state index contributed by atoms with van der Waals surface area (Å²) in [5.74, 6) is 0.922. The van der Waals surface area contributed by atoms with E-state index in [2.05, 4.69) is 38.9 Å². The number of Topliss-reactive ketones (excluding diaryl/α,β-unsaturated/α-hetero) is 1. The van der Waals surface area contributed by atoms with Gasteiger partial charge in [0, 0.05) is 51.0 Å². The molecule has 0 amide bonds. The van der Waals surface area contributed by atoms with Crippen molar-refractivity contribution in [3.05, 3.63) is 36.0 Å². The van der Waals surface area contributed by atoms with Crippen molar-refractivity contribution in [2.75, 3.05) is 19.6 Å². The Labute approximate surface area is 174 Å². The highest BCUT2D eigenvalue weighted by molar-refractivity contribution is 5.90. The molecule has 0 saturated carbocycles. The summed E-state index contributed by atoms with van der Waals surface area (Å²) in [6.45, 7) is 8.16. The molecule has 4 rings (SSSR count). The van der Waals surface area contributed by atoms with Crippen molar-refractivity contribution in [3.63, 3.8) is 0 Å². The first-order chi connectivity index (χ1) is 14.3. The van der Waals surface area contributed by atoms with Crippen molar-refractivity contribution in [2.45, 2.75) is 45.7 Å². The van der Waals surface area contributed by atoms with E-state index in [0.717, 1.165) is 11.9 Å². The summed E-state index contributed by atoms with van der Waals surface area (Å²) in [7, 11) is 0. The van der Waals surface area contributed by atoms with Crippen molar-refractivity contribution >= 4 is 16.7 Å². The third-order valence-electron chi connectivity index (χ3n) is 5.49. The lowest BCUT2D eigenvalue weighted by atomic mass is 9.86. The number of carbonyl (C=O) groups is 1. The average Bonchev–Trinajstić information content (AvgIpc) is 3.15. The van der Waals surface area contributed by atoms with E-state index in [9.17, 15) is 4.79 Å². The number of halogens is 1. The standard InChI is InChI=1S/C22H26FN5O2/c1-14(2)13-28-8-6-22(23,7-9-28)20(29)11-17-10-19-16(12-24-17)4-5-18(25-19)21-27-26-15(3)30-21/h4-5,10,12,14H,6-9,11,13H2,1-3H3. The number of aromatic nitrogens is 4. The van der Waals surface area contributed by atoms with Crippen LogP contribution in [0.3, 0.4) is 0 Å². The average molecular weight is 411 g/mol. The zero-order valence-corrected chi connectivity index (χ0v) is 17.6. The molecule has 8 heteroatoms. The van der Waals surface area contributed by atoms with Crippen LogP contribution in [0.25, 0.3) is 22.5 Å². The van der Waals surface area contributed by atoms with E-state index in [4.69, 9.17) is 4.42 Å². The Hall–Kier alpha value is -2.74. The number of ketones is 1. The lowest BCUT2D eigenvalue weighted by molar-refractivity contribution is -0.133. The quantitative estimate of drug-likeness (QED) is 0.613. The molecule has 0 atom stereocenters. The van der Waals surface area contributed by atoms with Crippen LogP contribution in [0.1, 0.15) is 38.3 Å². The van der Waals surface area contributed by atoms with Crippen molar-refractivity contribution in [1.82, 2.24) is 25.1 Å². The molecular formula is C22H26FN5O2. The van der Waals surface area contributed by atoms with Gasteiger partial charge in [0.05, 0.1) is 17.6 Å². The fraction of sp³-hybridized carbons (Fsp3) is 0.500. The second kappa shape index (κ2) is 8.18. The first kappa shape index (κ1) is 20.5. The molecule has 1 saturated heterocycles. The maximum Gasteiger partial charge on any atom is 0.266 e. The number of likely N-dealkylation sites (tertiary alicyclic amines) is 1. The van der Waals surface area contributed by atoms with Gasteiger partial charge >= 0.3 is 0 Å². The van der Waals surface area contributed by atoms with Crippen LogP contribution in [0.4, 0.5) is 4.39 Å². The fourth-order valence-corrected chi connectivity index (χ4v) is 3.88. The van der Waals surface area contributed by atoms with Crippen molar-refractivity contribution in [2.24, 2.45) is 5.92 Å². The highest BCUT2D eigenvalue weighted by Crippen LogP contribution is 2.29. The van der Waals surface area contributed by atoms with Crippen LogP contribution in [0.15, 0.2) is 28.8 Å². The van der Waals surface area contributed by atoms with Gasteiger partial charge < -0.3 is 9.32 Å². The second-order valence-corrected chi connectivity index (χ2v) is 8.45. The minimum Gasteiger partial charge on any atom is -0.420 e. The normalized spacial score (nSPS) is 17.0. The predicted molar refractivity (Wildman–Crippen MR) is 111 cm³/mol. The van der Waals surface area contributed by atoms with Crippen LogP contribution >= 0.6 is 0 Å². The molecule has 1 aliphatic heterocycles. The number of aryl methyl sites for hydroxylation is 1. The summed E-state index contributed by atoms with van der Waals surface area (Å²) in [6, 6.07) is 5.37. The van der Waals surface area contributed by atoms with Gasteiger partial charge in [0.25, 0.3) is 5.89 Å². The molecule has 3 aromatic rings. The number of piperidine rings is 1. The number of rotatable bonds is 6. The molecule has 0 radical (unpaired) electrons. The van der Waals surface area contributed by atoms with Gasteiger partial charge in [-0.1, -0.05) is 13.8 Å². The molecule has 1 aliphatic rings. The fourth-order valence-electron chi connectivity index (χ4n) is 3.88. The van der Waals surface area contributed by atoms with E-state index in [1.165, 1.54) is 0 Å². The van der Waals surface area contributed by atoms with Gasteiger partial charge in [-0.3, -0.25) is 9.78 Å². The lowest BCUT2D eigenvalue weighted by Crippen LogP contribution is -2.47. The molecule has 7 nitrogen and oxygen atoms in total. The highest BCUT2D eigenvalue weighted by Gasteiger charge is 2.41. The third kappa shape index (κ3) is 4.38. The Morgan fingerprint density at radius 3 is 2.70 bits per heavy atom. The zero-order valence-electron chi connectivity index (χ0n) is 17.6. The molecule has 0 N–H and O–H groups in total. The molecule has 3 aromatic heterocycles. The molecule has 0 aliphatic carbocycles. The summed E-state index contributed by atoms with van der Waals surface area (Å²) in [5.41, 5.74) is -0.0619. The number of hydrogen-bond acceptors (Lipinski definition) is 7. The van der Waals surface area contributed by atoms with Crippen LogP contribution in [0.5, 0.6) is 0 Å². The Bertz CT molecular complexity index is 1060. The maximum atomic E-state index is 15.3. The Balaban J connectivity index is 1.48. The van der Waals surface area contributed by atoms with E-state index in [1.807, 2.05) is 6.07 Å². The first-order valence-corrected chi connectivity index (χ1v) is 10.3. The van der Waals surface area contributed by atoms with Crippen LogP contribution in [-0.2, 0) is 11.2 Å². The van der Waals surface area contributed by atoms with E-state index in [0.29, 0.717) is 47.7 Å². The molecule has 0 aromatic carbocycles. The molecule has 1 fully saturated rings. The summed E-state index contributed by atoms with van der Waals surface area (Å²) < 4.78 is 20.7. The third-order valence-corrected chi connectivity index (χ3v) is 5.49. The molecule has 0 bridgehead atoms. The maximum absolute atomic E-state index is 15.3. The molecule has 158 valence electrons. The lowest BCUT2D eigenvalue weighted by Gasteiger charge is -2.36. The van der Waals surface area contributed by atoms with Crippen LogP contribution < -0.4 is 0 Å². The van der Waals surface area contributed by atoms with Crippen LogP contribution in [0.2, 0.25) is 0 Å². The minimum absolute atomic E-state index is 0.0395. The summed E-state index contributed by atoms with van der Waals surface area (Å²) in [4.78, 5) is 23.9. The number of fused-ring (bicyclic) bond motifs is 1. The Morgan fingerprint density at radius 2 is 2.03 bits per heavy atom. The summed E-state index contributed by atoms with van der Waals surface area (Å²) in [5, 5.41) is 8.63. The number of pyridine rings is 2. The molecule has 0 unspecified atom stereocenters. The SMILES string of the molecule is Cc1nnc(-c2ccc3cnc(CC(=O)C4(F)CCN(CC(C)C)CC4)cc3n2)o1. The number of hydrogen-bond donors (Lipinski definition) is 0. The minimum atomic E-state index is -1.78. The Morgan fingerprint density at radius 1 is 1.27 bits per heavy atom. The first-order valence-electron chi connectivity index (χ1n) is 10.3. The molecular weight excluding hydrogens is 385 g/mol. The largest absolute Gasteiger partial charge is 0.420 e. The van der Waals surface area contributed by atoms with Crippen molar-refractivity contribution in [1.29, 1.82) is 0 Å². The number of nitrogens with zero attached hydrogens (tertiary/aromatic N) is 5. The van der Waals surface area contributed by atoms with Gasteiger partial charge in [0.1, 0.15) is 5.69 Å². The van der Waals surface area contributed by atoms with Crippen LogP contribution in [0, 0.1) is 12.8 Å². The van der Waals surface area contributed by atoms with E-state index < -0.39 is 11.5 Å². The van der Waals surface area contributed by atoms with Gasteiger partial charge in [-0.25, -0.2) is 9.37 Å². The smallest absolute Gasteiger partial charge is 0.266 e. The molecule has 30 heavy (non-hydrogen) atoms. The van der Waals surface area contributed by atoms with Crippen LogP contribution in [-0.4, -0.2) is 56.2 Å². The Kier molecular flexibility index (Phi) is 5.60. The van der Waals surface area contributed by atoms with Gasteiger partial charge in [0.15, 0.2) is 11.5 Å². The zero-order chi connectivity index (χ0) is 21.3. The number of carbonyl (C=O) groups excluding carboxylic acids is 1. The predicted octanol–water partition coefficient (Wildman–Crippen LogP) is 3.56. The molecule has 0 spiro atoms. The molecule has 4 heterocycles. The van der Waals surface area contributed by atoms with Crippen molar-refractivity contribution < 1.29 is 13.6 Å². The van der Waals surface area contributed by atoms with Gasteiger partial charge in [-0.15, -0.1) is 10.2 Å². The summed E-state index contributed by atoms with van der Waals surface area (Å²) >= 11 is 0. The van der Waals surface area contributed by atoms with E-state index in [-0.39, 0.29) is 19.3 Å². The monoisotopic (exact) mass is 411 g/mol. The van der Waals surface area contributed by atoms with E-state index in [1.54, 1.807) is 25.3 Å².